The van der Waals surface area contributed by atoms with Crippen molar-refractivity contribution in [2.45, 2.75) is 38.6 Å². The van der Waals surface area contributed by atoms with E-state index in [1.807, 2.05) is 0 Å². The molecule has 0 aliphatic carbocycles. The topological polar surface area (TPSA) is 36.4 Å². The minimum Gasteiger partial charge on any atom is -0.396 e. The molecule has 16 heavy (non-hydrogen) atoms. The molecule has 90 valence electrons. The Hall–Kier alpha value is -0.450. The van der Waals surface area contributed by atoms with Crippen LogP contribution in [0, 0.1) is 0 Å². The van der Waals surface area contributed by atoms with Crippen LogP contribution < -0.4 is 0 Å². The Morgan fingerprint density at radius 3 is 3.25 bits per heavy atom. The number of likely N-dealkylation sites (N-methyl/N-ethyl adjacent to an activating group) is 1. The van der Waals surface area contributed by atoms with Crippen molar-refractivity contribution in [1.82, 2.24) is 9.88 Å². The van der Waals surface area contributed by atoms with Crippen LogP contribution in [0.4, 0.5) is 0 Å². The molecule has 0 saturated carbocycles. The highest BCUT2D eigenvalue weighted by atomic mass is 32.1. The molecule has 1 N–H and O–H groups in total. The van der Waals surface area contributed by atoms with Crippen molar-refractivity contribution < 1.29 is 5.11 Å². The largest absolute Gasteiger partial charge is 0.396 e. The summed E-state index contributed by atoms with van der Waals surface area (Å²) < 4.78 is 0. The molecule has 1 aromatic rings. The van der Waals surface area contributed by atoms with Gasteiger partial charge in [0.25, 0.3) is 0 Å². The zero-order valence-corrected chi connectivity index (χ0v) is 10.7. The van der Waals surface area contributed by atoms with E-state index in [2.05, 4.69) is 22.2 Å². The first-order chi connectivity index (χ1) is 7.83. The first-order valence-corrected chi connectivity index (χ1v) is 6.99. The Bertz CT molecular complexity index is 327. The molecule has 1 aromatic heterocycles. The van der Waals surface area contributed by atoms with Crippen LogP contribution in [0.25, 0.3) is 0 Å². The molecule has 0 bridgehead atoms. The summed E-state index contributed by atoms with van der Waals surface area (Å²) in [5, 5.41) is 12.2. The maximum atomic E-state index is 8.85. The van der Waals surface area contributed by atoms with Gasteiger partial charge in [-0.25, -0.2) is 4.98 Å². The molecule has 1 atom stereocenters. The molecule has 2 rings (SSSR count). The SMILES string of the molecule is CCN1CCCC1Cc1nc(CCO)cs1. The van der Waals surface area contributed by atoms with E-state index in [1.165, 1.54) is 24.4 Å². The van der Waals surface area contributed by atoms with Crippen molar-refractivity contribution in [3.63, 3.8) is 0 Å². The van der Waals surface area contributed by atoms with Gasteiger partial charge >= 0.3 is 0 Å². The van der Waals surface area contributed by atoms with Crippen molar-refractivity contribution in [3.8, 4) is 0 Å². The highest BCUT2D eigenvalue weighted by molar-refractivity contribution is 7.09. The number of aliphatic hydroxyl groups excluding tert-OH is 1. The van der Waals surface area contributed by atoms with E-state index in [4.69, 9.17) is 5.11 Å². The summed E-state index contributed by atoms with van der Waals surface area (Å²) in [5.41, 5.74) is 1.04. The van der Waals surface area contributed by atoms with Crippen LogP contribution >= 0.6 is 11.3 Å². The average molecular weight is 240 g/mol. The number of aromatic nitrogens is 1. The normalized spacial score (nSPS) is 21.8. The predicted octanol–water partition coefficient (Wildman–Crippen LogP) is 1.70. The van der Waals surface area contributed by atoms with Gasteiger partial charge in [-0.2, -0.15) is 0 Å². The summed E-state index contributed by atoms with van der Waals surface area (Å²) in [6.07, 6.45) is 4.42. The number of thiazole rings is 1. The van der Waals surface area contributed by atoms with Gasteiger partial charge in [0.1, 0.15) is 0 Å². The zero-order valence-electron chi connectivity index (χ0n) is 9.85. The second kappa shape index (κ2) is 5.75. The highest BCUT2D eigenvalue weighted by Crippen LogP contribution is 2.22. The predicted molar refractivity (Wildman–Crippen MR) is 66.9 cm³/mol. The summed E-state index contributed by atoms with van der Waals surface area (Å²) in [6.45, 7) is 4.83. The van der Waals surface area contributed by atoms with E-state index < -0.39 is 0 Å². The maximum Gasteiger partial charge on any atom is 0.0943 e. The Morgan fingerprint density at radius 1 is 1.62 bits per heavy atom. The van der Waals surface area contributed by atoms with Crippen LogP contribution in [-0.4, -0.2) is 40.7 Å². The molecule has 1 saturated heterocycles. The van der Waals surface area contributed by atoms with E-state index in [0.29, 0.717) is 12.5 Å². The smallest absolute Gasteiger partial charge is 0.0943 e. The molecule has 3 nitrogen and oxygen atoms in total. The van der Waals surface area contributed by atoms with Crippen LogP contribution in [-0.2, 0) is 12.8 Å². The van der Waals surface area contributed by atoms with Crippen LogP contribution in [0.15, 0.2) is 5.38 Å². The number of rotatable bonds is 5. The third-order valence-corrected chi connectivity index (χ3v) is 4.20. The summed E-state index contributed by atoms with van der Waals surface area (Å²) in [7, 11) is 0. The van der Waals surface area contributed by atoms with Crippen molar-refractivity contribution in [1.29, 1.82) is 0 Å². The van der Waals surface area contributed by atoms with Crippen molar-refractivity contribution in [2.24, 2.45) is 0 Å². The Balaban J connectivity index is 1.92. The van der Waals surface area contributed by atoms with Crippen LogP contribution in [0.2, 0.25) is 0 Å². The third kappa shape index (κ3) is 2.81. The van der Waals surface area contributed by atoms with Crippen molar-refractivity contribution in [2.75, 3.05) is 19.7 Å². The fourth-order valence-electron chi connectivity index (χ4n) is 2.42. The molecule has 0 amide bonds. The lowest BCUT2D eigenvalue weighted by atomic mass is 10.1. The molecule has 0 spiro atoms. The van der Waals surface area contributed by atoms with E-state index in [0.717, 1.165) is 18.7 Å². The summed E-state index contributed by atoms with van der Waals surface area (Å²) in [6, 6.07) is 0.693. The van der Waals surface area contributed by atoms with Gasteiger partial charge in [0.2, 0.25) is 0 Å². The molecule has 1 fully saturated rings. The van der Waals surface area contributed by atoms with Gasteiger partial charge < -0.3 is 10.0 Å². The molecular weight excluding hydrogens is 220 g/mol. The highest BCUT2D eigenvalue weighted by Gasteiger charge is 2.23. The standard InChI is InChI=1S/C12H20N2OS/c1-2-14-6-3-4-11(14)8-12-13-10(5-7-15)9-16-12/h9,11,15H,2-8H2,1H3. The van der Waals surface area contributed by atoms with E-state index in [1.54, 1.807) is 11.3 Å². The minimum atomic E-state index is 0.202. The van der Waals surface area contributed by atoms with Crippen LogP contribution in [0.5, 0.6) is 0 Å². The molecule has 1 aliphatic rings. The molecule has 0 aromatic carbocycles. The Labute approximate surface area is 101 Å². The zero-order chi connectivity index (χ0) is 11.4. The van der Waals surface area contributed by atoms with Crippen molar-refractivity contribution >= 4 is 11.3 Å². The van der Waals surface area contributed by atoms with Crippen LogP contribution in [0.3, 0.4) is 0 Å². The average Bonchev–Trinajstić information content (AvgIpc) is 2.89. The van der Waals surface area contributed by atoms with Gasteiger partial charge in [-0.15, -0.1) is 11.3 Å². The van der Waals surface area contributed by atoms with E-state index in [-0.39, 0.29) is 6.61 Å². The quantitative estimate of drug-likeness (QED) is 0.851. The maximum absolute atomic E-state index is 8.85. The molecular formula is C12H20N2OS. The number of hydrogen-bond acceptors (Lipinski definition) is 4. The number of nitrogens with zero attached hydrogens (tertiary/aromatic N) is 2. The summed E-state index contributed by atoms with van der Waals surface area (Å²) in [4.78, 5) is 7.11. The fraction of sp³-hybridized carbons (Fsp3) is 0.750. The Kier molecular flexibility index (Phi) is 4.32. The molecule has 0 radical (unpaired) electrons. The summed E-state index contributed by atoms with van der Waals surface area (Å²) >= 11 is 1.74. The van der Waals surface area contributed by atoms with Gasteiger partial charge in [0.05, 0.1) is 10.7 Å². The van der Waals surface area contributed by atoms with E-state index in [9.17, 15) is 0 Å². The minimum absolute atomic E-state index is 0.202. The first-order valence-electron chi connectivity index (χ1n) is 6.11. The monoisotopic (exact) mass is 240 g/mol. The van der Waals surface area contributed by atoms with Crippen molar-refractivity contribution in [3.05, 3.63) is 16.1 Å². The van der Waals surface area contributed by atoms with Gasteiger partial charge in [-0.05, 0) is 25.9 Å². The lowest BCUT2D eigenvalue weighted by Gasteiger charge is -2.21. The molecule has 1 aliphatic heterocycles. The molecule has 1 unspecified atom stereocenters. The van der Waals surface area contributed by atoms with Gasteiger partial charge in [0.15, 0.2) is 0 Å². The van der Waals surface area contributed by atoms with Gasteiger partial charge in [0, 0.05) is 30.9 Å². The fourth-order valence-corrected chi connectivity index (χ4v) is 3.32. The summed E-state index contributed by atoms with van der Waals surface area (Å²) in [5.74, 6) is 0. The van der Waals surface area contributed by atoms with E-state index >= 15 is 0 Å². The van der Waals surface area contributed by atoms with Gasteiger partial charge in [-0.3, -0.25) is 0 Å². The number of likely N-dealkylation sites (tertiary alicyclic amines) is 1. The van der Waals surface area contributed by atoms with Crippen LogP contribution in [0.1, 0.15) is 30.5 Å². The Morgan fingerprint density at radius 2 is 2.50 bits per heavy atom. The lowest BCUT2D eigenvalue weighted by molar-refractivity contribution is 0.265. The van der Waals surface area contributed by atoms with Gasteiger partial charge in [-0.1, -0.05) is 6.92 Å². The molecule has 2 heterocycles. The first kappa shape index (κ1) is 12.0. The second-order valence-corrected chi connectivity index (χ2v) is 5.28. The second-order valence-electron chi connectivity index (χ2n) is 4.33. The number of aliphatic hydroxyl groups is 1. The molecule has 4 heteroatoms. The third-order valence-electron chi connectivity index (χ3n) is 3.28. The lowest BCUT2D eigenvalue weighted by Crippen LogP contribution is -2.30. The number of hydrogen-bond donors (Lipinski definition) is 1.